The van der Waals surface area contributed by atoms with Crippen LogP contribution in [0.2, 0.25) is 0 Å². The van der Waals surface area contributed by atoms with Crippen molar-refractivity contribution < 1.29 is 44.2 Å². The maximum Gasteiger partial charge on any atom is 0.411 e. The SMILES string of the molecule is C[C@@H](O)[C@@H](NC(=O)[C@@H]1[C@@H]2OCC=CC[C@H]2CN1C(=O)OC(C)(C)C)[C@H]1OC(CN=[N+]=[N-])[C@H](O)[C@H](O)C1O. The molecule has 0 aromatic carbocycles. The Morgan fingerprint density at radius 1 is 1.24 bits per heavy atom. The molecule has 14 heteroatoms. The minimum atomic E-state index is -1.69. The van der Waals surface area contributed by atoms with Gasteiger partial charge in [0.05, 0.1) is 37.5 Å². The number of fused-ring (bicyclic) bond motifs is 1. The molecule has 0 saturated carbocycles. The fourth-order valence-electron chi connectivity index (χ4n) is 4.92. The zero-order valence-corrected chi connectivity index (χ0v) is 21.4. The molecule has 2 amide bonds. The van der Waals surface area contributed by atoms with E-state index in [0.717, 1.165) is 0 Å². The summed E-state index contributed by atoms with van der Waals surface area (Å²) in [6, 6.07) is -2.36. The van der Waals surface area contributed by atoms with E-state index < -0.39 is 72.4 Å². The number of azide groups is 1. The van der Waals surface area contributed by atoms with Crippen LogP contribution < -0.4 is 5.32 Å². The summed E-state index contributed by atoms with van der Waals surface area (Å²) in [6.07, 6.45) is -5.77. The van der Waals surface area contributed by atoms with Crippen LogP contribution >= 0.6 is 0 Å². The zero-order valence-electron chi connectivity index (χ0n) is 21.4. The van der Waals surface area contributed by atoms with Gasteiger partial charge in [0, 0.05) is 17.4 Å². The summed E-state index contributed by atoms with van der Waals surface area (Å²) in [4.78, 5) is 30.6. The Morgan fingerprint density at radius 3 is 2.57 bits per heavy atom. The topological polar surface area (TPSA) is 207 Å². The van der Waals surface area contributed by atoms with Crippen molar-refractivity contribution >= 4 is 12.0 Å². The van der Waals surface area contributed by atoms with Gasteiger partial charge in [0.1, 0.15) is 36.1 Å². The van der Waals surface area contributed by atoms with Crippen LogP contribution in [0.25, 0.3) is 10.4 Å². The summed E-state index contributed by atoms with van der Waals surface area (Å²) in [6.45, 7) is 6.61. The van der Waals surface area contributed by atoms with Gasteiger partial charge in [-0.25, -0.2) is 4.79 Å². The highest BCUT2D eigenvalue weighted by atomic mass is 16.6. The summed E-state index contributed by atoms with van der Waals surface area (Å²) in [5.41, 5.74) is 7.81. The summed E-state index contributed by atoms with van der Waals surface area (Å²) in [7, 11) is 0. The number of aliphatic hydroxyl groups is 4. The number of rotatable bonds is 6. The Labute approximate surface area is 214 Å². The van der Waals surface area contributed by atoms with Gasteiger partial charge in [-0.05, 0) is 39.6 Å². The zero-order chi connectivity index (χ0) is 27.5. The van der Waals surface area contributed by atoms with Crippen molar-refractivity contribution in [3.63, 3.8) is 0 Å². The van der Waals surface area contributed by atoms with Gasteiger partial charge in [-0.1, -0.05) is 17.3 Å². The number of ether oxygens (including phenoxy) is 3. The van der Waals surface area contributed by atoms with Gasteiger partial charge in [-0.2, -0.15) is 0 Å². The molecule has 5 N–H and O–H groups in total. The third-order valence-electron chi connectivity index (χ3n) is 6.69. The maximum atomic E-state index is 13.7. The lowest BCUT2D eigenvalue weighted by atomic mass is 9.89. The van der Waals surface area contributed by atoms with Crippen LogP contribution in [0.1, 0.15) is 34.1 Å². The predicted octanol–water partition coefficient (Wildman–Crippen LogP) is -0.407. The Morgan fingerprint density at radius 2 is 1.95 bits per heavy atom. The molecule has 37 heavy (non-hydrogen) atoms. The number of allylic oxidation sites excluding steroid dienone is 1. The molecular weight excluding hydrogens is 490 g/mol. The van der Waals surface area contributed by atoms with Gasteiger partial charge in [0.2, 0.25) is 5.91 Å². The number of hydrogen-bond donors (Lipinski definition) is 5. The minimum Gasteiger partial charge on any atom is -0.444 e. The lowest BCUT2D eigenvalue weighted by Crippen LogP contribution is -2.67. The van der Waals surface area contributed by atoms with Crippen LogP contribution in [-0.2, 0) is 19.0 Å². The minimum absolute atomic E-state index is 0.172. The second-order valence-electron chi connectivity index (χ2n) is 10.6. The van der Waals surface area contributed by atoms with Crippen LogP contribution in [-0.4, -0.2) is 117 Å². The van der Waals surface area contributed by atoms with Crippen molar-refractivity contribution in [2.75, 3.05) is 19.7 Å². The molecule has 3 aliphatic heterocycles. The fraction of sp³-hybridized carbons (Fsp3) is 0.826. The number of aliphatic hydroxyl groups excluding tert-OH is 4. The quantitative estimate of drug-likeness (QED) is 0.131. The largest absolute Gasteiger partial charge is 0.444 e. The Hall–Kier alpha value is -2.45. The molecule has 3 rings (SSSR count). The average Bonchev–Trinajstić information content (AvgIpc) is 3.03. The first-order valence-electron chi connectivity index (χ1n) is 12.3. The highest BCUT2D eigenvalue weighted by molar-refractivity contribution is 5.87. The Bertz CT molecular complexity index is 904. The maximum absolute atomic E-state index is 13.7. The number of nitrogens with one attached hydrogen (secondary N) is 1. The van der Waals surface area contributed by atoms with Crippen molar-refractivity contribution in [2.24, 2.45) is 11.0 Å². The van der Waals surface area contributed by atoms with Gasteiger partial charge in [-0.3, -0.25) is 9.69 Å². The lowest BCUT2D eigenvalue weighted by Gasteiger charge is -2.44. The van der Waals surface area contributed by atoms with E-state index in [1.54, 1.807) is 20.8 Å². The summed E-state index contributed by atoms with van der Waals surface area (Å²) in [5.74, 6) is -0.845. The number of likely N-dealkylation sites (tertiary alicyclic amines) is 1. The van der Waals surface area contributed by atoms with E-state index in [1.165, 1.54) is 11.8 Å². The van der Waals surface area contributed by atoms with Crippen LogP contribution in [0.4, 0.5) is 4.79 Å². The Kier molecular flexibility index (Phi) is 9.40. The van der Waals surface area contributed by atoms with Crippen molar-refractivity contribution in [3.8, 4) is 0 Å². The van der Waals surface area contributed by atoms with Gasteiger partial charge in [0.15, 0.2) is 0 Å². The first-order valence-corrected chi connectivity index (χ1v) is 12.3. The number of amides is 2. The summed E-state index contributed by atoms with van der Waals surface area (Å²) < 4.78 is 17.1. The van der Waals surface area contributed by atoms with E-state index in [1.807, 2.05) is 12.2 Å². The van der Waals surface area contributed by atoms with Gasteiger partial charge >= 0.3 is 6.09 Å². The molecule has 2 saturated heterocycles. The molecule has 0 aliphatic carbocycles. The van der Waals surface area contributed by atoms with Crippen molar-refractivity contribution in [3.05, 3.63) is 22.6 Å². The molecule has 10 atom stereocenters. The monoisotopic (exact) mass is 527 g/mol. The molecule has 2 fully saturated rings. The molecule has 0 spiro atoms. The molecule has 3 aliphatic rings. The first kappa shape index (κ1) is 29.1. The van der Waals surface area contributed by atoms with Gasteiger partial charge in [-0.15, -0.1) is 0 Å². The van der Waals surface area contributed by atoms with Crippen molar-refractivity contribution in [1.82, 2.24) is 10.2 Å². The highest BCUT2D eigenvalue weighted by Crippen LogP contribution is 2.33. The molecular formula is C23H37N5O9. The number of nitrogens with zero attached hydrogens (tertiary/aromatic N) is 4. The fourth-order valence-corrected chi connectivity index (χ4v) is 4.92. The molecule has 0 radical (unpaired) electrons. The highest BCUT2D eigenvalue weighted by Gasteiger charge is 2.52. The standard InChI is InChI=1S/C23H37N5O9/c1-11(29)14(20-18(32)17(31)16(30)13(36-20)9-25-27-24)26-21(33)15-19-12(7-5-6-8-35-19)10-28(15)22(34)37-23(2,3)4/h5-6,11-20,29-32H,7-10H2,1-4H3,(H,26,33)/t11-,12+,13?,14-,15+,16+,17+,18?,19-,20-/m1/s1. The predicted molar refractivity (Wildman–Crippen MR) is 128 cm³/mol. The normalized spacial score (nSPS) is 35.5. The summed E-state index contributed by atoms with van der Waals surface area (Å²) in [5, 5.41) is 47.7. The number of carbonyl (C=O) groups is 2. The molecule has 0 aromatic heterocycles. The molecule has 3 heterocycles. The molecule has 0 aromatic rings. The number of carbonyl (C=O) groups excluding carboxylic acids is 2. The van der Waals surface area contributed by atoms with E-state index in [2.05, 4.69) is 15.3 Å². The van der Waals surface area contributed by atoms with E-state index in [4.69, 9.17) is 19.7 Å². The van der Waals surface area contributed by atoms with E-state index in [0.29, 0.717) is 6.42 Å². The van der Waals surface area contributed by atoms with E-state index >= 15 is 0 Å². The molecule has 14 nitrogen and oxygen atoms in total. The number of hydrogen-bond acceptors (Lipinski definition) is 10. The van der Waals surface area contributed by atoms with Gasteiger partial charge < -0.3 is 40.0 Å². The van der Waals surface area contributed by atoms with Crippen LogP contribution in [0.15, 0.2) is 17.3 Å². The second-order valence-corrected chi connectivity index (χ2v) is 10.6. The summed E-state index contributed by atoms with van der Waals surface area (Å²) >= 11 is 0. The second kappa shape index (κ2) is 11.9. The van der Waals surface area contributed by atoms with Crippen LogP contribution in [0.5, 0.6) is 0 Å². The average molecular weight is 528 g/mol. The van der Waals surface area contributed by atoms with Crippen LogP contribution in [0, 0.1) is 5.92 Å². The Balaban J connectivity index is 1.86. The van der Waals surface area contributed by atoms with Gasteiger partial charge in [0.25, 0.3) is 0 Å². The van der Waals surface area contributed by atoms with E-state index in [9.17, 15) is 30.0 Å². The third-order valence-corrected chi connectivity index (χ3v) is 6.69. The van der Waals surface area contributed by atoms with E-state index in [-0.39, 0.29) is 25.6 Å². The third kappa shape index (κ3) is 6.71. The first-order chi connectivity index (χ1) is 17.4. The van der Waals surface area contributed by atoms with Crippen LogP contribution in [0.3, 0.4) is 0 Å². The molecule has 208 valence electrons. The van der Waals surface area contributed by atoms with Crippen molar-refractivity contribution in [1.29, 1.82) is 0 Å². The van der Waals surface area contributed by atoms with Crippen molar-refractivity contribution in [2.45, 2.75) is 94.5 Å². The smallest absolute Gasteiger partial charge is 0.411 e. The molecule has 2 unspecified atom stereocenters. The lowest BCUT2D eigenvalue weighted by molar-refractivity contribution is -0.230. The molecule has 0 bridgehead atoms.